The first kappa shape index (κ1) is 14.8. The van der Waals surface area contributed by atoms with Crippen molar-refractivity contribution in [1.29, 1.82) is 0 Å². The summed E-state index contributed by atoms with van der Waals surface area (Å²) >= 11 is 1.59. The largest absolute Gasteiger partial charge is 0.497 e. The Labute approximate surface area is 133 Å². The molecule has 0 unspecified atom stereocenters. The van der Waals surface area contributed by atoms with Gasteiger partial charge in [0, 0.05) is 11.6 Å². The van der Waals surface area contributed by atoms with Gasteiger partial charge in [0.1, 0.15) is 22.6 Å². The van der Waals surface area contributed by atoms with Crippen LogP contribution < -0.4 is 9.47 Å². The maximum Gasteiger partial charge on any atom is 0.234 e. The van der Waals surface area contributed by atoms with E-state index in [-0.39, 0.29) is 11.3 Å². The van der Waals surface area contributed by atoms with Gasteiger partial charge in [-0.3, -0.25) is 4.79 Å². The first-order chi connectivity index (χ1) is 10.7. The average molecular weight is 319 g/mol. The van der Waals surface area contributed by atoms with E-state index in [1.165, 1.54) is 0 Å². The quantitative estimate of drug-likeness (QED) is 0.848. The number of carbonyl (C=O) groups is 1. The van der Waals surface area contributed by atoms with E-state index in [1.807, 2.05) is 35.2 Å². The predicted molar refractivity (Wildman–Crippen MR) is 84.0 cm³/mol. The van der Waals surface area contributed by atoms with Gasteiger partial charge in [-0.15, -0.1) is 11.8 Å². The molecule has 0 saturated carbocycles. The van der Waals surface area contributed by atoms with E-state index in [4.69, 9.17) is 13.9 Å². The molecular formula is C16H17NO4S. The Morgan fingerprint density at radius 1 is 1.32 bits per heavy atom. The van der Waals surface area contributed by atoms with Crippen LogP contribution in [-0.2, 0) is 11.3 Å². The van der Waals surface area contributed by atoms with Crippen LogP contribution in [0.2, 0.25) is 0 Å². The molecule has 3 rings (SSSR count). The first-order valence-electron chi connectivity index (χ1n) is 6.88. The maximum absolute atomic E-state index is 12.2. The van der Waals surface area contributed by atoms with Gasteiger partial charge in [-0.2, -0.15) is 0 Å². The maximum atomic E-state index is 12.2. The van der Waals surface area contributed by atoms with E-state index in [0.29, 0.717) is 12.3 Å². The van der Waals surface area contributed by atoms with Crippen LogP contribution in [0, 0.1) is 0 Å². The zero-order chi connectivity index (χ0) is 15.5. The van der Waals surface area contributed by atoms with Crippen molar-refractivity contribution in [3.05, 3.63) is 47.9 Å². The minimum atomic E-state index is -0.0848. The molecule has 1 atom stereocenters. The summed E-state index contributed by atoms with van der Waals surface area (Å²) in [5.41, 5.74) is 0.964. The zero-order valence-corrected chi connectivity index (χ0v) is 13.3. The smallest absolute Gasteiger partial charge is 0.234 e. The molecule has 1 aliphatic heterocycles. The van der Waals surface area contributed by atoms with Crippen molar-refractivity contribution in [2.75, 3.05) is 20.0 Å². The van der Waals surface area contributed by atoms with Gasteiger partial charge in [0.05, 0.1) is 32.8 Å². The second-order valence-electron chi connectivity index (χ2n) is 4.87. The van der Waals surface area contributed by atoms with Crippen LogP contribution in [0.4, 0.5) is 0 Å². The highest BCUT2D eigenvalue weighted by Crippen LogP contribution is 2.44. The fourth-order valence-electron chi connectivity index (χ4n) is 2.48. The highest BCUT2D eigenvalue weighted by Gasteiger charge is 2.35. The van der Waals surface area contributed by atoms with Crippen LogP contribution in [0.25, 0.3) is 0 Å². The number of carbonyl (C=O) groups excluding carboxylic acids is 1. The standard InChI is InChI=1S/C16H17NO4S/c1-19-11-5-6-13(14(8-11)20-2)16-17(15(18)10-22-16)9-12-4-3-7-21-12/h3-8,16H,9-10H2,1-2H3/t16-/m0/s1. The van der Waals surface area contributed by atoms with Crippen LogP contribution in [0.1, 0.15) is 16.7 Å². The molecule has 1 aromatic carbocycles. The van der Waals surface area contributed by atoms with Crippen LogP contribution in [0.3, 0.4) is 0 Å². The van der Waals surface area contributed by atoms with Crippen molar-refractivity contribution in [3.8, 4) is 11.5 Å². The molecule has 5 nitrogen and oxygen atoms in total. The number of thioether (sulfide) groups is 1. The Kier molecular flexibility index (Phi) is 4.29. The number of methoxy groups -OCH3 is 2. The zero-order valence-electron chi connectivity index (χ0n) is 12.4. The van der Waals surface area contributed by atoms with Crippen molar-refractivity contribution in [1.82, 2.24) is 4.90 Å². The Hall–Kier alpha value is -2.08. The third kappa shape index (κ3) is 2.78. The molecule has 2 heterocycles. The summed E-state index contributed by atoms with van der Waals surface area (Å²) in [5, 5.41) is -0.0848. The van der Waals surface area contributed by atoms with Gasteiger partial charge in [-0.25, -0.2) is 0 Å². The van der Waals surface area contributed by atoms with Crippen LogP contribution in [-0.4, -0.2) is 30.8 Å². The highest BCUT2D eigenvalue weighted by atomic mass is 32.2. The summed E-state index contributed by atoms with van der Waals surface area (Å²) in [7, 11) is 3.24. The lowest BCUT2D eigenvalue weighted by Gasteiger charge is -2.25. The monoisotopic (exact) mass is 319 g/mol. The summed E-state index contributed by atoms with van der Waals surface area (Å²) in [5.74, 6) is 2.78. The number of ether oxygens (including phenoxy) is 2. The molecule has 1 aromatic heterocycles. The predicted octanol–water partition coefficient (Wildman–Crippen LogP) is 3.07. The summed E-state index contributed by atoms with van der Waals surface area (Å²) in [6, 6.07) is 9.36. The Balaban J connectivity index is 1.90. The molecule has 0 aliphatic carbocycles. The Bertz CT molecular complexity index is 656. The Morgan fingerprint density at radius 2 is 2.18 bits per heavy atom. The van der Waals surface area contributed by atoms with Crippen molar-refractivity contribution in [2.45, 2.75) is 11.9 Å². The highest BCUT2D eigenvalue weighted by molar-refractivity contribution is 8.00. The normalized spacial score (nSPS) is 17.8. The lowest BCUT2D eigenvalue weighted by atomic mass is 10.1. The van der Waals surface area contributed by atoms with E-state index >= 15 is 0 Å². The van der Waals surface area contributed by atoms with E-state index in [0.717, 1.165) is 22.8 Å². The number of furan rings is 1. The molecular weight excluding hydrogens is 302 g/mol. The molecule has 116 valence electrons. The molecule has 2 aromatic rings. The molecule has 1 aliphatic rings. The molecule has 1 fully saturated rings. The molecule has 0 bridgehead atoms. The number of rotatable bonds is 5. The van der Waals surface area contributed by atoms with Crippen LogP contribution >= 0.6 is 11.8 Å². The topological polar surface area (TPSA) is 51.9 Å². The van der Waals surface area contributed by atoms with Gasteiger partial charge in [-0.05, 0) is 24.3 Å². The minimum absolute atomic E-state index is 0.0848. The van der Waals surface area contributed by atoms with E-state index in [1.54, 1.807) is 32.2 Å². The van der Waals surface area contributed by atoms with Crippen molar-refractivity contribution >= 4 is 17.7 Å². The summed E-state index contributed by atoms with van der Waals surface area (Å²) in [4.78, 5) is 14.0. The second kappa shape index (κ2) is 6.36. The van der Waals surface area contributed by atoms with Gasteiger partial charge in [-0.1, -0.05) is 0 Å². The number of nitrogens with zero attached hydrogens (tertiary/aromatic N) is 1. The summed E-state index contributed by atoms with van der Waals surface area (Å²) in [6.07, 6.45) is 1.62. The fraction of sp³-hybridized carbons (Fsp3) is 0.312. The number of benzene rings is 1. The van der Waals surface area contributed by atoms with Crippen molar-refractivity contribution in [3.63, 3.8) is 0 Å². The number of hydrogen-bond acceptors (Lipinski definition) is 5. The molecule has 1 amide bonds. The van der Waals surface area contributed by atoms with Gasteiger partial charge < -0.3 is 18.8 Å². The summed E-state index contributed by atoms with van der Waals surface area (Å²) in [6.45, 7) is 0.457. The second-order valence-corrected chi connectivity index (χ2v) is 5.94. The molecule has 1 saturated heterocycles. The SMILES string of the molecule is COc1ccc([C@@H]2SCC(=O)N2Cc2ccco2)c(OC)c1. The van der Waals surface area contributed by atoms with Gasteiger partial charge in [0.2, 0.25) is 5.91 Å². The molecule has 6 heteroatoms. The third-order valence-electron chi connectivity index (χ3n) is 3.58. The Morgan fingerprint density at radius 3 is 2.86 bits per heavy atom. The van der Waals surface area contributed by atoms with Crippen LogP contribution in [0.5, 0.6) is 11.5 Å². The molecule has 22 heavy (non-hydrogen) atoms. The number of hydrogen-bond donors (Lipinski definition) is 0. The summed E-state index contributed by atoms with van der Waals surface area (Å²) < 4.78 is 16.1. The third-order valence-corrected chi connectivity index (χ3v) is 4.82. The minimum Gasteiger partial charge on any atom is -0.497 e. The number of amides is 1. The van der Waals surface area contributed by atoms with Gasteiger partial charge in [0.15, 0.2) is 0 Å². The average Bonchev–Trinajstić information content (AvgIpc) is 3.18. The molecule has 0 N–H and O–H groups in total. The fourth-order valence-corrected chi connectivity index (χ4v) is 3.69. The van der Waals surface area contributed by atoms with Crippen molar-refractivity contribution < 1.29 is 18.7 Å². The lowest BCUT2D eigenvalue weighted by Crippen LogP contribution is -2.27. The van der Waals surface area contributed by atoms with E-state index in [9.17, 15) is 4.79 Å². The first-order valence-corrected chi connectivity index (χ1v) is 7.93. The lowest BCUT2D eigenvalue weighted by molar-refractivity contribution is -0.128. The van der Waals surface area contributed by atoms with E-state index in [2.05, 4.69) is 0 Å². The van der Waals surface area contributed by atoms with Gasteiger partial charge in [0.25, 0.3) is 0 Å². The molecule has 0 spiro atoms. The molecule has 0 radical (unpaired) electrons. The van der Waals surface area contributed by atoms with Crippen LogP contribution in [0.15, 0.2) is 41.0 Å². The van der Waals surface area contributed by atoms with Crippen molar-refractivity contribution in [2.24, 2.45) is 0 Å². The van der Waals surface area contributed by atoms with Gasteiger partial charge >= 0.3 is 0 Å². The van der Waals surface area contributed by atoms with E-state index < -0.39 is 0 Å².